The van der Waals surface area contributed by atoms with Crippen LogP contribution in [0.25, 0.3) is 0 Å². The number of anilines is 2. The number of aryl methyl sites for hydroxylation is 2. The average molecular weight is 425 g/mol. The highest BCUT2D eigenvalue weighted by Gasteiger charge is 2.35. The van der Waals surface area contributed by atoms with Gasteiger partial charge in [-0.25, -0.2) is 0 Å². The number of carbonyl (C=O) groups excluding carboxylic acids is 2. The molecule has 0 saturated carbocycles. The molecule has 0 radical (unpaired) electrons. The Morgan fingerprint density at radius 1 is 1.07 bits per heavy atom. The summed E-state index contributed by atoms with van der Waals surface area (Å²) in [6.07, 6.45) is 7.08. The first-order valence-corrected chi connectivity index (χ1v) is 11.0. The quantitative estimate of drug-likeness (QED) is 0.620. The minimum absolute atomic E-state index is 0.242. The summed E-state index contributed by atoms with van der Waals surface area (Å²) in [4.78, 5) is 38.8. The van der Waals surface area contributed by atoms with Crippen molar-refractivity contribution >= 4 is 39.8 Å². The van der Waals surface area contributed by atoms with Crippen molar-refractivity contribution in [2.75, 3.05) is 10.6 Å². The number of nitrogens with one attached hydrogen (secondary N) is 2. The maximum Gasteiger partial charge on any atom is 0.307 e. The van der Waals surface area contributed by atoms with Crippen molar-refractivity contribution in [1.82, 2.24) is 0 Å². The molecule has 30 heavy (non-hydrogen) atoms. The van der Waals surface area contributed by atoms with Gasteiger partial charge in [-0.1, -0.05) is 24.3 Å². The van der Waals surface area contributed by atoms with Crippen molar-refractivity contribution in [3.05, 3.63) is 58.0 Å². The van der Waals surface area contributed by atoms with Gasteiger partial charge in [0.25, 0.3) is 5.91 Å². The van der Waals surface area contributed by atoms with Gasteiger partial charge in [-0.3, -0.25) is 14.4 Å². The van der Waals surface area contributed by atoms with Crippen LogP contribution in [0, 0.1) is 18.8 Å². The van der Waals surface area contributed by atoms with Crippen LogP contribution in [0.5, 0.6) is 0 Å². The third-order valence-corrected chi connectivity index (χ3v) is 6.95. The number of benzene rings is 1. The molecule has 2 aliphatic carbocycles. The summed E-state index contributed by atoms with van der Waals surface area (Å²) in [5.41, 5.74) is 3.26. The number of thiophene rings is 1. The molecule has 0 spiro atoms. The van der Waals surface area contributed by atoms with E-state index in [9.17, 15) is 19.5 Å². The van der Waals surface area contributed by atoms with E-state index in [0.29, 0.717) is 29.1 Å². The first kappa shape index (κ1) is 20.3. The maximum atomic E-state index is 13.1. The highest BCUT2D eigenvalue weighted by Crippen LogP contribution is 2.40. The summed E-state index contributed by atoms with van der Waals surface area (Å²) >= 11 is 1.43. The zero-order chi connectivity index (χ0) is 21.3. The lowest BCUT2D eigenvalue weighted by molar-refractivity contribution is -0.146. The zero-order valence-electron chi connectivity index (χ0n) is 16.7. The number of allylic oxidation sites excluding steroid dienone is 2. The fourth-order valence-corrected chi connectivity index (χ4v) is 5.52. The predicted molar refractivity (Wildman–Crippen MR) is 117 cm³/mol. The molecule has 3 N–H and O–H groups in total. The molecule has 0 unspecified atom stereocenters. The summed E-state index contributed by atoms with van der Waals surface area (Å²) in [6, 6.07) is 7.57. The third kappa shape index (κ3) is 4.03. The Bertz CT molecular complexity index is 1040. The molecular formula is C23H24N2O4S. The molecule has 2 aliphatic rings. The predicted octanol–water partition coefficient (Wildman–Crippen LogP) is 4.40. The smallest absolute Gasteiger partial charge is 0.307 e. The molecule has 0 fully saturated rings. The second-order valence-electron chi connectivity index (χ2n) is 7.87. The van der Waals surface area contributed by atoms with Gasteiger partial charge in [0.1, 0.15) is 5.00 Å². The van der Waals surface area contributed by atoms with Crippen LogP contribution in [0.3, 0.4) is 0 Å². The van der Waals surface area contributed by atoms with Crippen molar-refractivity contribution in [1.29, 1.82) is 0 Å². The van der Waals surface area contributed by atoms with Crippen LogP contribution >= 0.6 is 11.3 Å². The first-order chi connectivity index (χ1) is 14.4. The summed E-state index contributed by atoms with van der Waals surface area (Å²) in [5, 5.41) is 15.8. The van der Waals surface area contributed by atoms with E-state index in [2.05, 4.69) is 10.6 Å². The number of carbonyl (C=O) groups is 3. The van der Waals surface area contributed by atoms with Gasteiger partial charge in [0.15, 0.2) is 0 Å². The maximum absolute atomic E-state index is 13.1. The van der Waals surface area contributed by atoms with E-state index in [1.54, 1.807) is 0 Å². The standard InChI is InChI=1S/C23H24N2O4S/c1-13-6-4-7-14(12-13)24-21(27)19-17-10-5-11-18(17)30-22(19)25-20(26)15-8-2-3-9-16(15)23(28)29/h2-4,6-7,12,15-16H,5,8-11H2,1H3,(H,24,27)(H,25,26)(H,28,29)/t15-,16-/m1/s1. The second-order valence-corrected chi connectivity index (χ2v) is 8.97. The molecule has 6 nitrogen and oxygen atoms in total. The van der Waals surface area contributed by atoms with Crippen LogP contribution in [0.4, 0.5) is 10.7 Å². The van der Waals surface area contributed by atoms with E-state index in [0.717, 1.165) is 35.3 Å². The Labute approximate surface area is 179 Å². The molecule has 1 aromatic carbocycles. The molecule has 156 valence electrons. The molecule has 4 rings (SSSR count). The molecule has 0 bridgehead atoms. The number of carboxylic acid groups (broad SMARTS) is 1. The second kappa shape index (κ2) is 8.44. The summed E-state index contributed by atoms with van der Waals surface area (Å²) < 4.78 is 0. The average Bonchev–Trinajstić information content (AvgIpc) is 3.28. The van der Waals surface area contributed by atoms with Crippen LogP contribution in [0.1, 0.15) is 45.6 Å². The largest absolute Gasteiger partial charge is 0.481 e. The Morgan fingerprint density at radius 2 is 1.83 bits per heavy atom. The topological polar surface area (TPSA) is 95.5 Å². The number of fused-ring (bicyclic) bond motifs is 1. The van der Waals surface area contributed by atoms with Crippen LogP contribution < -0.4 is 10.6 Å². The number of amides is 2. The summed E-state index contributed by atoms with van der Waals surface area (Å²) in [6.45, 7) is 1.96. The molecule has 7 heteroatoms. The Kier molecular flexibility index (Phi) is 5.72. The Balaban J connectivity index is 1.60. The van der Waals surface area contributed by atoms with E-state index < -0.39 is 17.8 Å². The molecular weight excluding hydrogens is 400 g/mol. The van der Waals surface area contributed by atoms with Gasteiger partial charge >= 0.3 is 5.97 Å². The lowest BCUT2D eigenvalue weighted by Gasteiger charge is -2.24. The molecule has 2 amide bonds. The van der Waals surface area contributed by atoms with E-state index in [4.69, 9.17) is 0 Å². The molecule has 1 aromatic heterocycles. The van der Waals surface area contributed by atoms with Gasteiger partial charge in [0.05, 0.1) is 17.4 Å². The summed E-state index contributed by atoms with van der Waals surface area (Å²) in [5.74, 6) is -2.93. The van der Waals surface area contributed by atoms with Gasteiger partial charge < -0.3 is 15.7 Å². The molecule has 0 aliphatic heterocycles. The number of aliphatic carboxylic acids is 1. The fraction of sp³-hybridized carbons (Fsp3) is 0.348. The minimum atomic E-state index is -0.967. The van der Waals surface area contributed by atoms with Gasteiger partial charge in [-0.15, -0.1) is 11.3 Å². The van der Waals surface area contributed by atoms with E-state index in [1.165, 1.54) is 11.3 Å². The number of carboxylic acids is 1. The van der Waals surface area contributed by atoms with Crippen molar-refractivity contribution in [3.8, 4) is 0 Å². The first-order valence-electron chi connectivity index (χ1n) is 10.1. The van der Waals surface area contributed by atoms with Crippen molar-refractivity contribution in [2.45, 2.75) is 39.0 Å². The van der Waals surface area contributed by atoms with Gasteiger partial charge in [0.2, 0.25) is 5.91 Å². The van der Waals surface area contributed by atoms with E-state index >= 15 is 0 Å². The SMILES string of the molecule is Cc1cccc(NC(=O)c2c(NC(=O)[C@@H]3CC=CC[C@H]3C(=O)O)sc3c2CCC3)c1. The lowest BCUT2D eigenvalue weighted by atomic mass is 9.82. The third-order valence-electron chi connectivity index (χ3n) is 5.75. The van der Waals surface area contributed by atoms with Crippen molar-refractivity contribution in [3.63, 3.8) is 0 Å². The van der Waals surface area contributed by atoms with Crippen LogP contribution in [0.2, 0.25) is 0 Å². The fourth-order valence-electron chi connectivity index (χ4n) is 4.23. The number of rotatable bonds is 5. The molecule has 2 aromatic rings. The number of hydrogen-bond donors (Lipinski definition) is 3. The molecule has 0 saturated heterocycles. The van der Waals surface area contributed by atoms with Gasteiger partial charge in [0, 0.05) is 10.6 Å². The van der Waals surface area contributed by atoms with E-state index in [1.807, 2.05) is 43.3 Å². The minimum Gasteiger partial charge on any atom is -0.481 e. The van der Waals surface area contributed by atoms with Gasteiger partial charge in [-0.05, 0) is 62.3 Å². The Hall–Kier alpha value is -2.93. The lowest BCUT2D eigenvalue weighted by Crippen LogP contribution is -2.35. The highest BCUT2D eigenvalue weighted by molar-refractivity contribution is 7.17. The van der Waals surface area contributed by atoms with Crippen molar-refractivity contribution < 1.29 is 19.5 Å². The molecule has 2 atom stereocenters. The number of hydrogen-bond acceptors (Lipinski definition) is 4. The normalized spacial score (nSPS) is 19.9. The van der Waals surface area contributed by atoms with Gasteiger partial charge in [-0.2, -0.15) is 0 Å². The monoisotopic (exact) mass is 424 g/mol. The highest BCUT2D eigenvalue weighted by atomic mass is 32.1. The van der Waals surface area contributed by atoms with E-state index in [-0.39, 0.29) is 11.8 Å². The molecule has 1 heterocycles. The van der Waals surface area contributed by atoms with Crippen LogP contribution in [0.15, 0.2) is 36.4 Å². The summed E-state index contributed by atoms with van der Waals surface area (Å²) in [7, 11) is 0. The zero-order valence-corrected chi connectivity index (χ0v) is 17.6. The Morgan fingerprint density at radius 3 is 2.57 bits per heavy atom. The van der Waals surface area contributed by atoms with Crippen molar-refractivity contribution in [2.24, 2.45) is 11.8 Å². The van der Waals surface area contributed by atoms with Crippen LogP contribution in [-0.4, -0.2) is 22.9 Å². The van der Waals surface area contributed by atoms with Crippen LogP contribution in [-0.2, 0) is 22.4 Å².